The maximum atomic E-state index is 10.9. The zero-order valence-corrected chi connectivity index (χ0v) is 6.39. The van der Waals surface area contributed by atoms with Crippen LogP contribution >= 0.6 is 0 Å². The number of amides is 1. The van der Waals surface area contributed by atoms with Crippen molar-refractivity contribution in [1.82, 2.24) is 0 Å². The van der Waals surface area contributed by atoms with Gasteiger partial charge in [-0.1, -0.05) is 11.1 Å². The van der Waals surface area contributed by atoms with Gasteiger partial charge < -0.3 is 5.73 Å². The van der Waals surface area contributed by atoms with Crippen LogP contribution in [-0.4, -0.2) is 5.91 Å². The van der Waals surface area contributed by atoms with E-state index in [9.17, 15) is 4.79 Å². The van der Waals surface area contributed by atoms with Crippen molar-refractivity contribution in [2.75, 3.05) is 0 Å². The van der Waals surface area contributed by atoms with E-state index in [-0.39, 0.29) is 5.91 Å². The molecule has 0 spiro atoms. The van der Waals surface area contributed by atoms with E-state index in [0.29, 0.717) is 0 Å². The van der Waals surface area contributed by atoms with Crippen LogP contribution in [0.1, 0.15) is 25.7 Å². The molecule has 2 nitrogen and oxygen atoms in total. The van der Waals surface area contributed by atoms with Gasteiger partial charge in [-0.25, -0.2) is 0 Å². The fraction of sp³-hybridized carbons (Fsp3) is 0.444. The third-order valence-corrected chi connectivity index (χ3v) is 2.41. The Morgan fingerprint density at radius 2 is 2.27 bits per heavy atom. The highest BCUT2D eigenvalue weighted by atomic mass is 16.1. The van der Waals surface area contributed by atoms with E-state index in [1.54, 1.807) is 0 Å². The molecule has 0 atom stereocenters. The van der Waals surface area contributed by atoms with Crippen LogP contribution in [0.2, 0.25) is 0 Å². The lowest BCUT2D eigenvalue weighted by Crippen LogP contribution is -2.13. The standard InChI is InChI=1S/C9H11NO/c10-9(11)8-5-6-2-1-3-7(8)4-6/h5H,1-4H2,(H2,10,11). The summed E-state index contributed by atoms with van der Waals surface area (Å²) in [5.41, 5.74) is 8.65. The van der Waals surface area contributed by atoms with Gasteiger partial charge in [-0.3, -0.25) is 4.79 Å². The predicted molar refractivity (Wildman–Crippen MR) is 42.8 cm³/mol. The molecule has 0 saturated heterocycles. The molecule has 2 heteroatoms. The summed E-state index contributed by atoms with van der Waals surface area (Å²) in [5.74, 6) is -0.253. The number of hydrogen-bond acceptors (Lipinski definition) is 1. The van der Waals surface area contributed by atoms with Gasteiger partial charge in [-0.2, -0.15) is 0 Å². The summed E-state index contributed by atoms with van der Waals surface area (Å²) in [6.07, 6.45) is 6.40. The Balaban J connectivity index is 2.37. The molecule has 2 N–H and O–H groups in total. The van der Waals surface area contributed by atoms with Gasteiger partial charge >= 0.3 is 0 Å². The minimum Gasteiger partial charge on any atom is -0.366 e. The molecule has 1 fully saturated rings. The number of carbonyl (C=O) groups excluding carboxylic acids is 1. The lowest BCUT2D eigenvalue weighted by molar-refractivity contribution is -0.114. The summed E-state index contributed by atoms with van der Waals surface area (Å²) < 4.78 is 0. The molecule has 2 bridgehead atoms. The normalized spacial score (nSPS) is 22.0. The SMILES string of the molecule is NC(=O)C1=C2CCCC(=C1)C2. The molecule has 2 aliphatic rings. The number of primary amides is 1. The van der Waals surface area contributed by atoms with Crippen molar-refractivity contribution in [2.24, 2.45) is 5.73 Å². The summed E-state index contributed by atoms with van der Waals surface area (Å²) >= 11 is 0. The third kappa shape index (κ3) is 0.985. The van der Waals surface area contributed by atoms with Crippen molar-refractivity contribution in [1.29, 1.82) is 0 Å². The second-order valence-electron chi connectivity index (χ2n) is 3.21. The molecule has 0 heterocycles. The molecular formula is C9H11NO. The van der Waals surface area contributed by atoms with Crippen LogP contribution in [-0.2, 0) is 4.79 Å². The Labute approximate surface area is 65.8 Å². The highest BCUT2D eigenvalue weighted by molar-refractivity contribution is 5.97. The van der Waals surface area contributed by atoms with Gasteiger partial charge in [0.2, 0.25) is 5.91 Å². The molecule has 11 heavy (non-hydrogen) atoms. The molecular weight excluding hydrogens is 138 g/mol. The summed E-state index contributed by atoms with van der Waals surface area (Å²) in [6, 6.07) is 0. The van der Waals surface area contributed by atoms with Crippen molar-refractivity contribution in [3.05, 3.63) is 22.8 Å². The largest absolute Gasteiger partial charge is 0.366 e. The van der Waals surface area contributed by atoms with Gasteiger partial charge in [-0.05, 0) is 31.8 Å². The fourth-order valence-electron chi connectivity index (χ4n) is 1.88. The number of hydrogen-bond donors (Lipinski definition) is 1. The van der Waals surface area contributed by atoms with E-state index in [1.807, 2.05) is 6.08 Å². The first-order chi connectivity index (χ1) is 5.27. The van der Waals surface area contributed by atoms with Gasteiger partial charge in [0, 0.05) is 5.57 Å². The van der Waals surface area contributed by atoms with Crippen LogP contribution in [0.15, 0.2) is 22.8 Å². The predicted octanol–water partition coefficient (Wildman–Crippen LogP) is 1.28. The first-order valence-electron chi connectivity index (χ1n) is 3.98. The summed E-state index contributed by atoms with van der Waals surface area (Å²) in [4.78, 5) is 10.9. The first-order valence-corrected chi connectivity index (χ1v) is 3.98. The number of nitrogens with two attached hydrogens (primary N) is 1. The number of fused-ring (bicyclic) bond motifs is 2. The zero-order valence-electron chi connectivity index (χ0n) is 6.39. The highest BCUT2D eigenvalue weighted by Gasteiger charge is 2.22. The summed E-state index contributed by atoms with van der Waals surface area (Å²) in [6.45, 7) is 0. The van der Waals surface area contributed by atoms with E-state index in [4.69, 9.17) is 5.73 Å². The van der Waals surface area contributed by atoms with E-state index in [2.05, 4.69) is 0 Å². The van der Waals surface area contributed by atoms with Gasteiger partial charge in [0.05, 0.1) is 0 Å². The van der Waals surface area contributed by atoms with E-state index >= 15 is 0 Å². The molecule has 0 unspecified atom stereocenters. The summed E-state index contributed by atoms with van der Waals surface area (Å²) in [7, 11) is 0. The average molecular weight is 149 g/mol. The summed E-state index contributed by atoms with van der Waals surface area (Å²) in [5, 5.41) is 0. The average Bonchev–Trinajstić information content (AvgIpc) is 2.27. The second kappa shape index (κ2) is 2.22. The molecule has 58 valence electrons. The van der Waals surface area contributed by atoms with Crippen molar-refractivity contribution in [3.63, 3.8) is 0 Å². The Morgan fingerprint density at radius 1 is 1.45 bits per heavy atom. The van der Waals surface area contributed by atoms with Crippen molar-refractivity contribution < 1.29 is 4.79 Å². The highest BCUT2D eigenvalue weighted by Crippen LogP contribution is 2.36. The van der Waals surface area contributed by atoms with Crippen LogP contribution < -0.4 is 5.73 Å². The van der Waals surface area contributed by atoms with Crippen LogP contribution in [0.3, 0.4) is 0 Å². The number of rotatable bonds is 1. The second-order valence-corrected chi connectivity index (χ2v) is 3.21. The lowest BCUT2D eigenvalue weighted by Gasteiger charge is -2.11. The Bertz CT molecular complexity index is 273. The lowest BCUT2D eigenvalue weighted by atomic mass is 9.94. The van der Waals surface area contributed by atoms with Gasteiger partial charge in [0.25, 0.3) is 0 Å². The van der Waals surface area contributed by atoms with Crippen molar-refractivity contribution in [3.8, 4) is 0 Å². The van der Waals surface area contributed by atoms with Gasteiger partial charge in [-0.15, -0.1) is 0 Å². The zero-order chi connectivity index (χ0) is 7.84. The maximum Gasteiger partial charge on any atom is 0.248 e. The molecule has 1 saturated carbocycles. The molecule has 0 aromatic carbocycles. The first kappa shape index (κ1) is 6.65. The Kier molecular flexibility index (Phi) is 1.34. The van der Waals surface area contributed by atoms with E-state index in [0.717, 1.165) is 24.8 Å². The maximum absolute atomic E-state index is 10.9. The Hall–Kier alpha value is -1.05. The molecule has 2 rings (SSSR count). The molecule has 0 aromatic heterocycles. The Morgan fingerprint density at radius 3 is 2.91 bits per heavy atom. The monoisotopic (exact) mass is 149 g/mol. The molecule has 0 aliphatic heterocycles. The minimum absolute atomic E-state index is 0.253. The van der Waals surface area contributed by atoms with Crippen LogP contribution in [0, 0.1) is 0 Å². The number of allylic oxidation sites excluding steroid dienone is 2. The molecule has 2 aliphatic carbocycles. The van der Waals surface area contributed by atoms with Crippen LogP contribution in [0.5, 0.6) is 0 Å². The molecule has 0 radical (unpaired) electrons. The smallest absolute Gasteiger partial charge is 0.248 e. The molecule has 1 amide bonds. The minimum atomic E-state index is -0.253. The van der Waals surface area contributed by atoms with E-state index < -0.39 is 0 Å². The number of carbonyl (C=O) groups is 1. The van der Waals surface area contributed by atoms with Crippen LogP contribution in [0.4, 0.5) is 0 Å². The van der Waals surface area contributed by atoms with E-state index in [1.165, 1.54) is 17.6 Å². The van der Waals surface area contributed by atoms with Crippen molar-refractivity contribution in [2.45, 2.75) is 25.7 Å². The van der Waals surface area contributed by atoms with Gasteiger partial charge in [0.1, 0.15) is 0 Å². The fourth-order valence-corrected chi connectivity index (χ4v) is 1.88. The quantitative estimate of drug-likeness (QED) is 0.599. The van der Waals surface area contributed by atoms with Crippen LogP contribution in [0.25, 0.3) is 0 Å². The topological polar surface area (TPSA) is 43.1 Å². The molecule has 0 aromatic rings. The third-order valence-electron chi connectivity index (χ3n) is 2.41. The van der Waals surface area contributed by atoms with Crippen molar-refractivity contribution >= 4 is 5.91 Å². The van der Waals surface area contributed by atoms with Gasteiger partial charge in [0.15, 0.2) is 0 Å².